The second-order valence-electron chi connectivity index (χ2n) is 5.67. The maximum atomic E-state index is 13.0. The number of hydrogen-bond donors (Lipinski definition) is 1. The predicted octanol–water partition coefficient (Wildman–Crippen LogP) is 6.92. The highest BCUT2D eigenvalue weighted by atomic mass is 35.5. The maximum absolute atomic E-state index is 13.0. The summed E-state index contributed by atoms with van der Waals surface area (Å²) in [6.45, 7) is 0. The van der Waals surface area contributed by atoms with Gasteiger partial charge in [-0.1, -0.05) is 41.4 Å². The first kappa shape index (κ1) is 20.0. The molecule has 3 nitrogen and oxygen atoms in total. The Hall–Kier alpha value is -2.70. The number of carbonyl (C=O) groups is 1. The summed E-state index contributed by atoms with van der Waals surface area (Å²) >= 11 is 12.1. The Kier molecular flexibility index (Phi) is 5.82. The summed E-state index contributed by atoms with van der Waals surface area (Å²) in [5, 5.41) is 2.92. The number of amides is 1. The van der Waals surface area contributed by atoms with Gasteiger partial charge in [-0.25, -0.2) is 0 Å². The van der Waals surface area contributed by atoms with E-state index in [1.165, 1.54) is 24.3 Å². The molecule has 2 aromatic carbocycles. The molecule has 8 heteroatoms. The van der Waals surface area contributed by atoms with Gasteiger partial charge in [-0.15, -0.1) is 0 Å². The Morgan fingerprint density at radius 1 is 1.00 bits per heavy atom. The van der Waals surface area contributed by atoms with Gasteiger partial charge in [-0.05, 0) is 42.5 Å². The summed E-state index contributed by atoms with van der Waals surface area (Å²) < 4.78 is 44.5. The number of rotatable bonds is 4. The summed E-state index contributed by atoms with van der Waals surface area (Å²) in [6.07, 6.45) is -2.15. The third kappa shape index (κ3) is 4.58. The number of alkyl halides is 3. The summed E-state index contributed by atoms with van der Waals surface area (Å²) in [5.41, 5.74) is -0.666. The zero-order valence-electron chi connectivity index (χ0n) is 14.1. The molecule has 1 N–H and O–H groups in total. The number of halogens is 5. The van der Waals surface area contributed by atoms with E-state index in [0.717, 1.165) is 12.1 Å². The van der Waals surface area contributed by atoms with Crippen molar-refractivity contribution in [1.82, 2.24) is 0 Å². The van der Waals surface area contributed by atoms with Crippen molar-refractivity contribution in [2.24, 2.45) is 0 Å². The molecule has 0 aliphatic carbocycles. The molecule has 0 bridgehead atoms. The van der Waals surface area contributed by atoms with Crippen LogP contribution in [0.5, 0.6) is 0 Å². The third-order valence-corrected chi connectivity index (χ3v) is 4.55. The lowest BCUT2D eigenvalue weighted by Gasteiger charge is -2.12. The first-order valence-corrected chi connectivity index (χ1v) is 8.71. The molecule has 0 aliphatic rings. The molecule has 0 aliphatic heterocycles. The number of furan rings is 1. The van der Waals surface area contributed by atoms with Crippen LogP contribution in [0.1, 0.15) is 11.3 Å². The monoisotopic (exact) mass is 425 g/mol. The first-order valence-electron chi connectivity index (χ1n) is 7.95. The Balaban J connectivity index is 1.74. The average Bonchev–Trinajstić information content (AvgIpc) is 3.11. The fraction of sp³-hybridized carbons (Fsp3) is 0.0500. The van der Waals surface area contributed by atoms with Crippen LogP contribution in [-0.4, -0.2) is 5.91 Å². The molecule has 28 heavy (non-hydrogen) atoms. The molecule has 0 spiro atoms. The van der Waals surface area contributed by atoms with Crippen molar-refractivity contribution in [1.29, 1.82) is 0 Å². The summed E-state index contributed by atoms with van der Waals surface area (Å²) in [6, 6.07) is 13.1. The van der Waals surface area contributed by atoms with Gasteiger partial charge in [0, 0.05) is 11.6 Å². The zero-order chi connectivity index (χ0) is 20.3. The smallest absolute Gasteiger partial charge is 0.418 e. The Morgan fingerprint density at radius 2 is 1.75 bits per heavy atom. The van der Waals surface area contributed by atoms with Gasteiger partial charge in [-0.2, -0.15) is 13.2 Å². The van der Waals surface area contributed by atoms with E-state index < -0.39 is 17.6 Å². The Morgan fingerprint density at radius 3 is 2.50 bits per heavy atom. The molecule has 3 rings (SSSR count). The van der Waals surface area contributed by atoms with Crippen molar-refractivity contribution in [2.45, 2.75) is 6.18 Å². The molecule has 1 heterocycles. The minimum Gasteiger partial charge on any atom is -0.457 e. The first-order chi connectivity index (χ1) is 13.3. The van der Waals surface area contributed by atoms with E-state index in [1.807, 2.05) is 0 Å². The van der Waals surface area contributed by atoms with Crippen LogP contribution in [0.4, 0.5) is 18.9 Å². The second-order valence-corrected chi connectivity index (χ2v) is 6.45. The second kappa shape index (κ2) is 8.12. The third-order valence-electron chi connectivity index (χ3n) is 3.73. The number of nitrogens with one attached hydrogen (secondary N) is 1. The van der Waals surface area contributed by atoms with E-state index in [0.29, 0.717) is 27.1 Å². The van der Waals surface area contributed by atoms with Crippen molar-refractivity contribution in [3.63, 3.8) is 0 Å². The van der Waals surface area contributed by atoms with Crippen LogP contribution < -0.4 is 5.32 Å². The van der Waals surface area contributed by atoms with Gasteiger partial charge in [0.2, 0.25) is 5.91 Å². The molecular weight excluding hydrogens is 414 g/mol. The van der Waals surface area contributed by atoms with Crippen molar-refractivity contribution >= 4 is 40.9 Å². The van der Waals surface area contributed by atoms with Gasteiger partial charge in [0.15, 0.2) is 0 Å². The van der Waals surface area contributed by atoms with E-state index in [-0.39, 0.29) is 5.69 Å². The largest absolute Gasteiger partial charge is 0.457 e. The van der Waals surface area contributed by atoms with Gasteiger partial charge >= 0.3 is 6.18 Å². The van der Waals surface area contributed by atoms with Gasteiger partial charge < -0.3 is 9.73 Å². The summed E-state index contributed by atoms with van der Waals surface area (Å²) in [5.74, 6) is 0.0377. The molecule has 1 amide bonds. The predicted molar refractivity (Wildman–Crippen MR) is 103 cm³/mol. The number of para-hydroxylation sites is 1. The topological polar surface area (TPSA) is 42.2 Å². The highest BCUT2D eigenvalue weighted by Crippen LogP contribution is 2.35. The lowest BCUT2D eigenvalue weighted by Crippen LogP contribution is -2.14. The van der Waals surface area contributed by atoms with Crippen LogP contribution in [0.3, 0.4) is 0 Å². The van der Waals surface area contributed by atoms with Crippen molar-refractivity contribution in [3.8, 4) is 11.3 Å². The molecule has 0 unspecified atom stereocenters. The number of anilines is 1. The molecule has 0 saturated heterocycles. The fourth-order valence-corrected chi connectivity index (χ4v) is 2.85. The number of carbonyl (C=O) groups excluding carboxylic acids is 1. The quantitative estimate of drug-likeness (QED) is 0.460. The highest BCUT2D eigenvalue weighted by Gasteiger charge is 2.33. The lowest BCUT2D eigenvalue weighted by molar-refractivity contribution is -0.136. The zero-order valence-corrected chi connectivity index (χ0v) is 15.6. The van der Waals surface area contributed by atoms with E-state index >= 15 is 0 Å². The van der Waals surface area contributed by atoms with Crippen molar-refractivity contribution < 1.29 is 22.4 Å². The van der Waals surface area contributed by atoms with Crippen LogP contribution in [0.2, 0.25) is 10.0 Å². The molecule has 0 fully saturated rings. The molecule has 144 valence electrons. The van der Waals surface area contributed by atoms with Crippen molar-refractivity contribution in [2.75, 3.05) is 5.32 Å². The van der Waals surface area contributed by atoms with Crippen LogP contribution in [0.15, 0.2) is 65.1 Å². The van der Waals surface area contributed by atoms with Gasteiger partial charge in [-0.3, -0.25) is 4.79 Å². The van der Waals surface area contributed by atoms with Gasteiger partial charge in [0.1, 0.15) is 11.5 Å². The van der Waals surface area contributed by atoms with Crippen LogP contribution in [0, 0.1) is 0 Å². The van der Waals surface area contributed by atoms with Crippen LogP contribution in [-0.2, 0) is 11.0 Å². The average molecular weight is 426 g/mol. The lowest BCUT2D eigenvalue weighted by atomic mass is 10.1. The SMILES string of the molecule is O=C(C=Cc1ccc(-c2cccc(Cl)c2Cl)o1)Nc1ccccc1C(F)(F)F. The van der Waals surface area contributed by atoms with E-state index in [2.05, 4.69) is 5.32 Å². The molecule has 0 atom stereocenters. The molecule has 0 radical (unpaired) electrons. The molecule has 3 aromatic rings. The highest BCUT2D eigenvalue weighted by molar-refractivity contribution is 6.43. The van der Waals surface area contributed by atoms with E-state index in [4.69, 9.17) is 27.6 Å². The normalized spacial score (nSPS) is 11.8. The summed E-state index contributed by atoms with van der Waals surface area (Å²) in [4.78, 5) is 12.0. The molecular formula is C20H12Cl2F3NO2. The van der Waals surface area contributed by atoms with E-state index in [9.17, 15) is 18.0 Å². The van der Waals surface area contributed by atoms with E-state index in [1.54, 1.807) is 30.3 Å². The van der Waals surface area contributed by atoms with Crippen LogP contribution in [0.25, 0.3) is 17.4 Å². The number of benzene rings is 2. The van der Waals surface area contributed by atoms with Crippen molar-refractivity contribution in [3.05, 3.63) is 82.0 Å². The minimum atomic E-state index is -4.57. The Labute approximate surface area is 168 Å². The Bertz CT molecular complexity index is 1040. The standard InChI is InChI=1S/C20H12Cl2F3NO2/c21-15-6-3-4-13(19(15)22)17-10-8-12(28-17)9-11-18(27)26-16-7-2-1-5-14(16)20(23,24)25/h1-11H,(H,26,27). The number of hydrogen-bond acceptors (Lipinski definition) is 2. The summed E-state index contributed by atoms with van der Waals surface area (Å²) in [7, 11) is 0. The van der Waals surface area contributed by atoms with Crippen LogP contribution >= 0.6 is 23.2 Å². The molecule has 1 aromatic heterocycles. The minimum absolute atomic E-state index is 0.324. The van der Waals surface area contributed by atoms with Gasteiger partial charge in [0.05, 0.1) is 21.3 Å². The maximum Gasteiger partial charge on any atom is 0.418 e. The molecule has 0 saturated carbocycles. The van der Waals surface area contributed by atoms with Gasteiger partial charge in [0.25, 0.3) is 0 Å². The fourth-order valence-electron chi connectivity index (χ4n) is 2.45.